The molecule has 0 spiro atoms. The van der Waals surface area contributed by atoms with Crippen LogP contribution in [-0.2, 0) is 19.4 Å². The Morgan fingerprint density at radius 3 is 2.61 bits per heavy atom. The zero-order chi connectivity index (χ0) is 13.3. The molecule has 1 atom stereocenters. The van der Waals surface area contributed by atoms with Crippen LogP contribution in [0.1, 0.15) is 36.5 Å². The van der Waals surface area contributed by atoms with E-state index >= 15 is 0 Å². The molecule has 0 unspecified atom stereocenters. The van der Waals surface area contributed by atoms with Gasteiger partial charge in [0.1, 0.15) is 16.5 Å². The van der Waals surface area contributed by atoms with Crippen molar-refractivity contribution in [3.63, 3.8) is 0 Å². The fourth-order valence-electron chi connectivity index (χ4n) is 2.55. The fourth-order valence-corrected chi connectivity index (χ4v) is 2.95. The normalized spacial score (nSPS) is 15.8. The highest BCUT2D eigenvalue weighted by Gasteiger charge is 2.20. The molecular weight excluding hydrogens is 246 g/mol. The second-order valence-corrected chi connectivity index (χ2v) is 5.19. The van der Waals surface area contributed by atoms with Gasteiger partial charge >= 0.3 is 0 Å². The first-order chi connectivity index (χ1) is 8.56. The topological polar surface area (TPSA) is 75.0 Å². The first-order valence-corrected chi connectivity index (χ1v) is 6.59. The lowest BCUT2D eigenvalue weighted by atomic mass is 9.90. The summed E-state index contributed by atoms with van der Waals surface area (Å²) in [6, 6.07) is 2.19. The lowest BCUT2D eigenvalue weighted by Gasteiger charge is -2.23. The van der Waals surface area contributed by atoms with Crippen LogP contribution in [0.4, 0.5) is 5.82 Å². The molecule has 0 aliphatic heterocycles. The average Bonchev–Trinajstić information content (AvgIpc) is 2.35. The van der Waals surface area contributed by atoms with Crippen molar-refractivity contribution < 1.29 is 5.11 Å². The van der Waals surface area contributed by atoms with Gasteiger partial charge in [-0.15, -0.1) is 0 Å². The summed E-state index contributed by atoms with van der Waals surface area (Å²) in [6.45, 7) is 2.03. The van der Waals surface area contributed by atoms with Crippen LogP contribution in [0, 0.1) is 16.0 Å². The largest absolute Gasteiger partial charge is 0.392 e. The summed E-state index contributed by atoms with van der Waals surface area (Å²) < 4.78 is 2.38. The molecule has 5 heteroatoms. The highest BCUT2D eigenvalue weighted by molar-refractivity contribution is 7.71. The van der Waals surface area contributed by atoms with Crippen LogP contribution in [0.2, 0.25) is 0 Å². The Balaban J connectivity index is 2.70. The molecule has 0 saturated carbocycles. The van der Waals surface area contributed by atoms with E-state index in [1.54, 1.807) is 11.5 Å². The number of hydrogen-bond acceptors (Lipinski definition) is 4. The summed E-state index contributed by atoms with van der Waals surface area (Å²) in [6.07, 6.45) is 3.42. The lowest BCUT2D eigenvalue weighted by molar-refractivity contribution is 0.173. The summed E-state index contributed by atoms with van der Waals surface area (Å²) in [5.74, 6) is 0.393. The Bertz CT molecular complexity index is 569. The van der Waals surface area contributed by atoms with Crippen LogP contribution < -0.4 is 5.73 Å². The maximum Gasteiger partial charge on any atom is 0.122 e. The van der Waals surface area contributed by atoms with E-state index in [9.17, 15) is 10.4 Å². The van der Waals surface area contributed by atoms with Gasteiger partial charge in [-0.25, -0.2) is 0 Å². The molecule has 96 valence electrons. The summed E-state index contributed by atoms with van der Waals surface area (Å²) in [5, 5.41) is 18.8. The number of pyridine rings is 1. The summed E-state index contributed by atoms with van der Waals surface area (Å²) in [5.41, 5.74) is 8.66. The molecular formula is C13H17N3OS. The van der Waals surface area contributed by atoms with Crippen LogP contribution in [0.5, 0.6) is 0 Å². The number of hydrogen-bond donors (Lipinski definition) is 2. The average molecular weight is 263 g/mol. The number of nitrogens with zero attached hydrogens (tertiary/aromatic N) is 2. The van der Waals surface area contributed by atoms with Gasteiger partial charge in [0, 0.05) is 0 Å². The van der Waals surface area contributed by atoms with Crippen molar-refractivity contribution in [1.82, 2.24) is 4.57 Å². The van der Waals surface area contributed by atoms with Crippen LogP contribution in [0.3, 0.4) is 0 Å². The molecule has 0 amide bonds. The fraction of sp³-hybridized carbons (Fsp3) is 0.538. The second-order valence-electron chi connectivity index (χ2n) is 4.80. The Kier molecular flexibility index (Phi) is 3.69. The molecule has 1 aromatic rings. The van der Waals surface area contributed by atoms with Crippen LogP contribution in [-0.4, -0.2) is 15.8 Å². The molecule has 0 aromatic carbocycles. The first kappa shape index (κ1) is 13.1. The molecule has 0 bridgehead atoms. The van der Waals surface area contributed by atoms with Crippen LogP contribution in [0.25, 0.3) is 0 Å². The molecule has 1 heterocycles. The Morgan fingerprint density at radius 1 is 1.44 bits per heavy atom. The van der Waals surface area contributed by atoms with Gasteiger partial charge in [-0.3, -0.25) is 0 Å². The molecule has 4 nitrogen and oxygen atoms in total. The van der Waals surface area contributed by atoms with E-state index in [2.05, 4.69) is 6.07 Å². The van der Waals surface area contributed by atoms with Crippen LogP contribution in [0.15, 0.2) is 0 Å². The van der Waals surface area contributed by atoms with E-state index in [0.29, 0.717) is 22.6 Å². The highest BCUT2D eigenvalue weighted by atomic mass is 32.1. The van der Waals surface area contributed by atoms with Crippen molar-refractivity contribution in [1.29, 1.82) is 5.26 Å². The molecule has 2 rings (SSSR count). The van der Waals surface area contributed by atoms with Gasteiger partial charge in [-0.2, -0.15) is 5.26 Å². The van der Waals surface area contributed by atoms with E-state index in [0.717, 1.165) is 36.8 Å². The predicted octanol–water partition coefficient (Wildman–Crippen LogP) is 1.93. The minimum Gasteiger partial charge on any atom is -0.392 e. The van der Waals surface area contributed by atoms with Gasteiger partial charge < -0.3 is 15.4 Å². The first-order valence-electron chi connectivity index (χ1n) is 6.18. The molecule has 18 heavy (non-hydrogen) atoms. The van der Waals surface area contributed by atoms with Crippen molar-refractivity contribution in [2.24, 2.45) is 0 Å². The molecule has 1 aliphatic rings. The zero-order valence-electron chi connectivity index (χ0n) is 10.4. The number of nitriles is 1. The maximum atomic E-state index is 9.52. The highest BCUT2D eigenvalue weighted by Crippen LogP contribution is 2.29. The van der Waals surface area contributed by atoms with E-state index in [1.165, 1.54) is 0 Å². The number of fused-ring (bicyclic) bond motifs is 1. The van der Waals surface area contributed by atoms with E-state index in [1.807, 2.05) is 0 Å². The number of anilines is 1. The minimum atomic E-state index is -0.535. The number of aromatic nitrogens is 1. The van der Waals surface area contributed by atoms with Crippen molar-refractivity contribution in [2.75, 3.05) is 5.73 Å². The third-order valence-corrected chi connectivity index (χ3v) is 3.85. The van der Waals surface area contributed by atoms with Crippen molar-refractivity contribution in [2.45, 2.75) is 45.3 Å². The van der Waals surface area contributed by atoms with Gasteiger partial charge in [-0.05, 0) is 43.7 Å². The third-order valence-electron chi connectivity index (χ3n) is 3.38. The Labute approximate surface area is 112 Å². The number of aliphatic hydroxyl groups is 1. The smallest absolute Gasteiger partial charge is 0.122 e. The van der Waals surface area contributed by atoms with E-state index < -0.39 is 6.10 Å². The van der Waals surface area contributed by atoms with Crippen molar-refractivity contribution in [3.8, 4) is 6.07 Å². The summed E-state index contributed by atoms with van der Waals surface area (Å²) >= 11 is 5.45. The van der Waals surface area contributed by atoms with Crippen molar-refractivity contribution >= 4 is 18.0 Å². The molecule has 3 N–H and O–H groups in total. The molecule has 0 radical (unpaired) electrons. The number of aliphatic hydroxyl groups excluding tert-OH is 1. The Morgan fingerprint density at radius 2 is 2.06 bits per heavy atom. The standard InChI is InChI=1S/C13H17N3OS/c1-8(17)7-16-12(15)11(6-14)9-4-2-3-5-10(9)13(16)18/h8,17H,2-5,7,15H2,1H3/t8-/m1/s1. The quantitative estimate of drug-likeness (QED) is 0.799. The number of nitrogen functional groups attached to an aromatic ring is 1. The lowest BCUT2D eigenvalue weighted by Crippen LogP contribution is -2.21. The monoisotopic (exact) mass is 263 g/mol. The number of rotatable bonds is 2. The van der Waals surface area contributed by atoms with Gasteiger partial charge in [0.2, 0.25) is 0 Å². The SMILES string of the molecule is C[C@@H](O)Cn1c(N)c(C#N)c2c(c1=S)CCCC2. The zero-order valence-corrected chi connectivity index (χ0v) is 11.3. The number of nitrogens with two attached hydrogens (primary N) is 1. The molecule has 0 saturated heterocycles. The molecule has 0 fully saturated rings. The van der Waals surface area contributed by atoms with Gasteiger partial charge in [0.25, 0.3) is 0 Å². The maximum absolute atomic E-state index is 9.52. The summed E-state index contributed by atoms with van der Waals surface area (Å²) in [7, 11) is 0. The van der Waals surface area contributed by atoms with Gasteiger partial charge in [0.15, 0.2) is 0 Å². The third kappa shape index (κ3) is 2.14. The van der Waals surface area contributed by atoms with Gasteiger partial charge in [0.05, 0.1) is 18.2 Å². The minimum absolute atomic E-state index is 0.340. The molecule has 1 aromatic heterocycles. The summed E-state index contributed by atoms with van der Waals surface area (Å²) in [4.78, 5) is 0. The van der Waals surface area contributed by atoms with E-state index in [4.69, 9.17) is 18.0 Å². The van der Waals surface area contributed by atoms with E-state index in [-0.39, 0.29) is 0 Å². The van der Waals surface area contributed by atoms with Gasteiger partial charge in [-0.1, -0.05) is 12.2 Å². The molecule has 1 aliphatic carbocycles. The second kappa shape index (κ2) is 5.09. The van der Waals surface area contributed by atoms with Crippen LogP contribution >= 0.6 is 12.2 Å². The predicted molar refractivity (Wildman–Crippen MR) is 72.7 cm³/mol. The van der Waals surface area contributed by atoms with Crippen molar-refractivity contribution in [3.05, 3.63) is 21.3 Å². The Hall–Kier alpha value is -1.38.